The van der Waals surface area contributed by atoms with Crippen molar-refractivity contribution in [1.82, 2.24) is 20.9 Å². The summed E-state index contributed by atoms with van der Waals surface area (Å²) >= 11 is 0. The molecule has 2 rings (SSSR count). The number of aliphatic imine (C=N–C) groups is 1. The van der Waals surface area contributed by atoms with E-state index in [0.717, 1.165) is 5.56 Å². The summed E-state index contributed by atoms with van der Waals surface area (Å²) in [7, 11) is 0. The third kappa shape index (κ3) is 7.75. The molecule has 0 saturated carbocycles. The predicted octanol–water partition coefficient (Wildman–Crippen LogP) is 1.92. The van der Waals surface area contributed by atoms with Crippen molar-refractivity contribution < 1.29 is 18.0 Å². The van der Waals surface area contributed by atoms with Gasteiger partial charge in [0, 0.05) is 37.8 Å². The summed E-state index contributed by atoms with van der Waals surface area (Å²) in [5, 5.41) is 9.08. The van der Waals surface area contributed by atoms with Crippen molar-refractivity contribution in [3.8, 4) is 0 Å². The molecule has 3 N–H and O–H groups in total. The maximum absolute atomic E-state index is 12.5. The average Bonchev–Trinajstić information content (AvgIpc) is 3.03. The number of alkyl halides is 3. The molecule has 1 aliphatic heterocycles. The van der Waals surface area contributed by atoms with Gasteiger partial charge < -0.3 is 16.0 Å². The van der Waals surface area contributed by atoms with Gasteiger partial charge in [0.15, 0.2) is 5.96 Å². The van der Waals surface area contributed by atoms with Crippen LogP contribution in [-0.2, 0) is 0 Å². The minimum absolute atomic E-state index is 0.0814. The normalized spacial score (nSPS) is 18.2. The van der Waals surface area contributed by atoms with E-state index in [1.54, 1.807) is 6.07 Å². The number of amides is 1. The number of carbonyl (C=O) groups excluding carboxylic acids is 1. The number of aryl methyl sites for hydroxylation is 1. The highest BCUT2D eigenvalue weighted by Crippen LogP contribution is 2.19. The van der Waals surface area contributed by atoms with Crippen molar-refractivity contribution >= 4 is 11.9 Å². The fourth-order valence-corrected chi connectivity index (χ4v) is 3.09. The molecule has 1 saturated heterocycles. The van der Waals surface area contributed by atoms with Crippen LogP contribution in [0.5, 0.6) is 0 Å². The molecule has 0 radical (unpaired) electrons. The molecule has 1 amide bonds. The van der Waals surface area contributed by atoms with E-state index in [1.165, 1.54) is 4.90 Å². The molecule has 6 nitrogen and oxygen atoms in total. The monoisotopic (exact) mass is 399 g/mol. The molecule has 156 valence electrons. The Balaban J connectivity index is 1.78. The maximum atomic E-state index is 12.5. The van der Waals surface area contributed by atoms with Gasteiger partial charge in [-0.2, -0.15) is 13.2 Å². The lowest BCUT2D eigenvalue weighted by molar-refractivity contribution is -0.143. The lowest BCUT2D eigenvalue weighted by Crippen LogP contribution is -2.45. The van der Waals surface area contributed by atoms with Gasteiger partial charge in [0.05, 0.1) is 13.1 Å². The number of halogens is 3. The molecule has 1 aromatic carbocycles. The van der Waals surface area contributed by atoms with Crippen molar-refractivity contribution in [1.29, 1.82) is 0 Å². The highest BCUT2D eigenvalue weighted by molar-refractivity contribution is 5.94. The fourth-order valence-electron chi connectivity index (χ4n) is 3.09. The SMILES string of the molecule is CCNC(=NCCNC(=O)c1cccc(C)c1)NC1CCN(CC(F)(F)F)C1. The summed E-state index contributed by atoms with van der Waals surface area (Å²) in [6.45, 7) is 5.07. The Hall–Kier alpha value is -2.29. The Morgan fingerprint density at radius 3 is 2.79 bits per heavy atom. The van der Waals surface area contributed by atoms with Gasteiger partial charge in [-0.25, -0.2) is 0 Å². The average molecular weight is 399 g/mol. The van der Waals surface area contributed by atoms with Crippen LogP contribution in [-0.4, -0.2) is 68.3 Å². The molecule has 0 aliphatic carbocycles. The molecule has 28 heavy (non-hydrogen) atoms. The van der Waals surface area contributed by atoms with Gasteiger partial charge >= 0.3 is 6.18 Å². The Kier molecular flexibility index (Phi) is 8.10. The quantitative estimate of drug-likeness (QED) is 0.372. The number of nitrogens with one attached hydrogen (secondary N) is 3. The topological polar surface area (TPSA) is 68.8 Å². The molecule has 1 aromatic rings. The van der Waals surface area contributed by atoms with Crippen LogP contribution in [0.4, 0.5) is 13.2 Å². The largest absolute Gasteiger partial charge is 0.401 e. The Morgan fingerprint density at radius 2 is 2.11 bits per heavy atom. The Bertz CT molecular complexity index is 678. The fraction of sp³-hybridized carbons (Fsp3) is 0.579. The van der Waals surface area contributed by atoms with Gasteiger partial charge in [0.1, 0.15) is 0 Å². The van der Waals surface area contributed by atoms with Crippen LogP contribution in [0.15, 0.2) is 29.3 Å². The molecular weight excluding hydrogens is 371 g/mol. The van der Waals surface area contributed by atoms with Gasteiger partial charge in [-0.3, -0.25) is 14.7 Å². The first-order chi connectivity index (χ1) is 13.3. The van der Waals surface area contributed by atoms with E-state index in [9.17, 15) is 18.0 Å². The highest BCUT2D eigenvalue weighted by Gasteiger charge is 2.34. The van der Waals surface area contributed by atoms with Crippen LogP contribution in [0.1, 0.15) is 29.3 Å². The van der Waals surface area contributed by atoms with Gasteiger partial charge in [0.2, 0.25) is 0 Å². The molecule has 1 aliphatic rings. The molecule has 0 aromatic heterocycles. The Labute approximate surface area is 163 Å². The number of hydrogen-bond acceptors (Lipinski definition) is 3. The second-order valence-electron chi connectivity index (χ2n) is 6.87. The molecule has 1 unspecified atom stereocenters. The number of carbonyl (C=O) groups is 1. The predicted molar refractivity (Wildman–Crippen MR) is 104 cm³/mol. The molecule has 1 fully saturated rings. The van der Waals surface area contributed by atoms with Gasteiger partial charge in [-0.1, -0.05) is 17.7 Å². The highest BCUT2D eigenvalue weighted by atomic mass is 19.4. The van der Waals surface area contributed by atoms with Gasteiger partial charge in [-0.05, 0) is 32.4 Å². The van der Waals surface area contributed by atoms with Gasteiger partial charge in [0.25, 0.3) is 5.91 Å². The first-order valence-corrected chi connectivity index (χ1v) is 9.45. The molecule has 1 heterocycles. The van der Waals surface area contributed by atoms with Crippen LogP contribution < -0.4 is 16.0 Å². The maximum Gasteiger partial charge on any atom is 0.401 e. The summed E-state index contributed by atoms with van der Waals surface area (Å²) in [5.74, 6) is 0.390. The summed E-state index contributed by atoms with van der Waals surface area (Å²) in [5.41, 5.74) is 1.62. The third-order valence-corrected chi connectivity index (χ3v) is 4.31. The molecule has 9 heteroatoms. The van der Waals surface area contributed by atoms with Crippen molar-refractivity contribution in [2.75, 3.05) is 39.3 Å². The number of hydrogen-bond donors (Lipinski definition) is 3. The van der Waals surface area contributed by atoms with Crippen molar-refractivity contribution in [3.63, 3.8) is 0 Å². The van der Waals surface area contributed by atoms with E-state index < -0.39 is 12.7 Å². The first kappa shape index (κ1) is 22.0. The number of guanidine groups is 1. The summed E-state index contributed by atoms with van der Waals surface area (Å²) < 4.78 is 37.5. The minimum atomic E-state index is -4.18. The number of nitrogens with zero attached hydrogens (tertiary/aromatic N) is 2. The molecule has 1 atom stereocenters. The zero-order valence-corrected chi connectivity index (χ0v) is 16.3. The van der Waals surface area contributed by atoms with E-state index in [0.29, 0.717) is 50.7 Å². The zero-order valence-electron chi connectivity index (χ0n) is 16.3. The number of likely N-dealkylation sites (tertiary alicyclic amines) is 1. The van der Waals surface area contributed by atoms with Crippen molar-refractivity contribution in [3.05, 3.63) is 35.4 Å². The standard InChI is InChI=1S/C19H28F3N5O/c1-3-23-18(26-16-7-10-27(12-16)13-19(20,21)22)25-9-8-24-17(28)15-6-4-5-14(2)11-15/h4-6,11,16H,3,7-10,12-13H2,1-2H3,(H,24,28)(H2,23,25,26). The molecule has 0 bridgehead atoms. The number of benzene rings is 1. The second-order valence-corrected chi connectivity index (χ2v) is 6.87. The van der Waals surface area contributed by atoms with E-state index in [2.05, 4.69) is 20.9 Å². The summed E-state index contributed by atoms with van der Waals surface area (Å²) in [4.78, 5) is 17.9. The lowest BCUT2D eigenvalue weighted by Gasteiger charge is -2.19. The molecule has 0 spiro atoms. The Morgan fingerprint density at radius 1 is 1.32 bits per heavy atom. The summed E-state index contributed by atoms with van der Waals surface area (Å²) in [6, 6.07) is 7.25. The molecular formula is C19H28F3N5O. The first-order valence-electron chi connectivity index (χ1n) is 9.45. The second kappa shape index (κ2) is 10.3. The lowest BCUT2D eigenvalue weighted by atomic mass is 10.1. The minimum Gasteiger partial charge on any atom is -0.357 e. The van der Waals surface area contributed by atoms with E-state index in [1.807, 2.05) is 32.0 Å². The van der Waals surface area contributed by atoms with E-state index >= 15 is 0 Å². The van der Waals surface area contributed by atoms with Gasteiger partial charge in [-0.15, -0.1) is 0 Å². The van der Waals surface area contributed by atoms with E-state index in [-0.39, 0.29) is 11.9 Å². The van der Waals surface area contributed by atoms with E-state index in [4.69, 9.17) is 0 Å². The van der Waals surface area contributed by atoms with Crippen molar-refractivity contribution in [2.24, 2.45) is 4.99 Å². The van der Waals surface area contributed by atoms with Crippen LogP contribution in [0.25, 0.3) is 0 Å². The zero-order chi connectivity index (χ0) is 20.6. The van der Waals surface area contributed by atoms with Crippen LogP contribution in [0.2, 0.25) is 0 Å². The van der Waals surface area contributed by atoms with Crippen LogP contribution in [0, 0.1) is 6.92 Å². The number of rotatable bonds is 7. The van der Waals surface area contributed by atoms with Crippen LogP contribution >= 0.6 is 0 Å². The third-order valence-electron chi connectivity index (χ3n) is 4.31. The summed E-state index contributed by atoms with van der Waals surface area (Å²) in [6.07, 6.45) is -3.55. The van der Waals surface area contributed by atoms with Crippen molar-refractivity contribution in [2.45, 2.75) is 32.5 Å². The van der Waals surface area contributed by atoms with Crippen LogP contribution in [0.3, 0.4) is 0 Å². The smallest absolute Gasteiger partial charge is 0.357 e.